The molecule has 0 aliphatic carbocycles. The Morgan fingerprint density at radius 2 is 1.46 bits per heavy atom. The van der Waals surface area contributed by atoms with Gasteiger partial charge in [0.05, 0.1) is 5.56 Å². The van der Waals surface area contributed by atoms with E-state index in [1.807, 2.05) is 0 Å². The standard InChI is InChI=1S/C12H18O2.C7H6O5/c1-2-3-4-5-6-10-7-8-11(13)9-12(10)14;8-4-1-3(7(11)12)2-5(9)6(4)10/h7-9,13-14H,2-6H2,1H3;1-2,8-10H,(H,11,12). The van der Waals surface area contributed by atoms with Crippen LogP contribution in [0.4, 0.5) is 0 Å². The zero-order valence-electron chi connectivity index (χ0n) is 14.5. The van der Waals surface area contributed by atoms with Crippen molar-refractivity contribution in [1.82, 2.24) is 0 Å². The maximum absolute atomic E-state index is 10.3. The number of phenols is 5. The fourth-order valence-corrected chi connectivity index (χ4v) is 2.23. The van der Waals surface area contributed by atoms with Crippen molar-refractivity contribution in [2.24, 2.45) is 0 Å². The summed E-state index contributed by atoms with van der Waals surface area (Å²) in [4.78, 5) is 10.3. The van der Waals surface area contributed by atoms with Crippen molar-refractivity contribution in [3.8, 4) is 28.7 Å². The van der Waals surface area contributed by atoms with E-state index in [1.165, 1.54) is 25.3 Å². The van der Waals surface area contributed by atoms with E-state index in [2.05, 4.69) is 6.92 Å². The molecule has 7 heteroatoms. The van der Waals surface area contributed by atoms with Gasteiger partial charge in [-0.1, -0.05) is 32.3 Å². The second-order valence-corrected chi connectivity index (χ2v) is 5.79. The van der Waals surface area contributed by atoms with Gasteiger partial charge in [0, 0.05) is 6.07 Å². The number of aryl methyl sites for hydroxylation is 1. The predicted molar refractivity (Wildman–Crippen MR) is 96.0 cm³/mol. The number of phenolic OH excluding ortho intramolecular Hbond substituents is 5. The first-order chi connectivity index (χ1) is 12.3. The minimum atomic E-state index is -1.29. The topological polar surface area (TPSA) is 138 Å². The molecule has 142 valence electrons. The number of rotatable bonds is 6. The Hall–Kier alpha value is -3.09. The highest BCUT2D eigenvalue weighted by Crippen LogP contribution is 2.35. The van der Waals surface area contributed by atoms with Crippen molar-refractivity contribution in [3.63, 3.8) is 0 Å². The van der Waals surface area contributed by atoms with Gasteiger partial charge in [-0.25, -0.2) is 4.79 Å². The van der Waals surface area contributed by atoms with Gasteiger partial charge in [0.15, 0.2) is 17.2 Å². The Morgan fingerprint density at radius 3 is 1.96 bits per heavy atom. The van der Waals surface area contributed by atoms with Crippen LogP contribution in [-0.4, -0.2) is 36.6 Å². The van der Waals surface area contributed by atoms with Crippen LogP contribution in [0.2, 0.25) is 0 Å². The molecule has 0 amide bonds. The molecular weight excluding hydrogens is 340 g/mol. The summed E-state index contributed by atoms with van der Waals surface area (Å²) in [6.07, 6.45) is 5.68. The van der Waals surface area contributed by atoms with Crippen molar-refractivity contribution in [2.45, 2.75) is 39.0 Å². The maximum Gasteiger partial charge on any atom is 0.335 e. The van der Waals surface area contributed by atoms with Crippen LogP contribution in [0.25, 0.3) is 0 Å². The van der Waals surface area contributed by atoms with Crippen LogP contribution in [0.15, 0.2) is 30.3 Å². The lowest BCUT2D eigenvalue weighted by Gasteiger charge is -2.04. The van der Waals surface area contributed by atoms with Crippen LogP contribution in [-0.2, 0) is 6.42 Å². The summed E-state index contributed by atoms with van der Waals surface area (Å²) >= 11 is 0. The van der Waals surface area contributed by atoms with Crippen LogP contribution in [0.3, 0.4) is 0 Å². The molecular formula is C19H24O7. The lowest BCUT2D eigenvalue weighted by molar-refractivity contribution is 0.0696. The number of carbonyl (C=O) groups is 1. The average molecular weight is 364 g/mol. The summed E-state index contributed by atoms with van der Waals surface area (Å²) in [6, 6.07) is 6.50. The number of benzene rings is 2. The highest BCUT2D eigenvalue weighted by Gasteiger charge is 2.11. The number of hydrogen-bond acceptors (Lipinski definition) is 6. The molecule has 2 rings (SSSR count). The molecule has 7 nitrogen and oxygen atoms in total. The molecule has 0 aliphatic heterocycles. The third-order valence-electron chi connectivity index (χ3n) is 3.69. The van der Waals surface area contributed by atoms with Crippen LogP contribution >= 0.6 is 0 Å². The van der Waals surface area contributed by atoms with Crippen molar-refractivity contribution < 1.29 is 35.4 Å². The van der Waals surface area contributed by atoms with Crippen LogP contribution < -0.4 is 0 Å². The molecule has 0 radical (unpaired) electrons. The molecule has 6 N–H and O–H groups in total. The SMILES string of the molecule is CCCCCCc1ccc(O)cc1O.O=C(O)c1cc(O)c(O)c(O)c1. The fourth-order valence-electron chi connectivity index (χ4n) is 2.23. The smallest absolute Gasteiger partial charge is 0.335 e. The first-order valence-corrected chi connectivity index (χ1v) is 8.25. The lowest BCUT2D eigenvalue weighted by atomic mass is 10.1. The van der Waals surface area contributed by atoms with Crippen molar-refractivity contribution in [2.75, 3.05) is 0 Å². The van der Waals surface area contributed by atoms with Crippen molar-refractivity contribution in [3.05, 3.63) is 41.5 Å². The van der Waals surface area contributed by atoms with Crippen LogP contribution in [0.1, 0.15) is 48.5 Å². The van der Waals surface area contributed by atoms with Crippen molar-refractivity contribution >= 4 is 5.97 Å². The summed E-state index contributed by atoms with van der Waals surface area (Å²) in [5.41, 5.74) is 0.640. The summed E-state index contributed by atoms with van der Waals surface area (Å²) in [5, 5.41) is 53.5. The maximum atomic E-state index is 10.3. The summed E-state index contributed by atoms with van der Waals surface area (Å²) in [6.45, 7) is 2.18. The van der Waals surface area contributed by atoms with Gasteiger partial charge in [-0.2, -0.15) is 0 Å². The van der Waals surface area contributed by atoms with Gasteiger partial charge in [0.2, 0.25) is 0 Å². The summed E-state index contributed by atoms with van der Waals surface area (Å²) in [7, 11) is 0. The average Bonchev–Trinajstić information content (AvgIpc) is 2.58. The molecule has 2 aromatic carbocycles. The largest absolute Gasteiger partial charge is 0.508 e. The van der Waals surface area contributed by atoms with E-state index in [1.54, 1.807) is 12.1 Å². The van der Waals surface area contributed by atoms with E-state index in [4.69, 9.17) is 25.5 Å². The zero-order valence-corrected chi connectivity index (χ0v) is 14.5. The van der Waals surface area contributed by atoms with E-state index in [9.17, 15) is 9.90 Å². The Kier molecular flexibility index (Phi) is 8.08. The fraction of sp³-hybridized carbons (Fsp3) is 0.316. The molecule has 0 fully saturated rings. The molecule has 0 bridgehead atoms. The van der Waals surface area contributed by atoms with Gasteiger partial charge in [0.25, 0.3) is 0 Å². The van der Waals surface area contributed by atoms with Gasteiger partial charge < -0.3 is 30.6 Å². The highest BCUT2D eigenvalue weighted by atomic mass is 16.4. The number of unbranched alkanes of at least 4 members (excludes halogenated alkanes) is 3. The lowest BCUT2D eigenvalue weighted by Crippen LogP contribution is -1.95. The molecule has 2 aromatic rings. The van der Waals surface area contributed by atoms with E-state index in [0.29, 0.717) is 0 Å². The first kappa shape index (κ1) is 21.0. The van der Waals surface area contributed by atoms with Gasteiger partial charge >= 0.3 is 5.97 Å². The molecule has 0 saturated heterocycles. The molecule has 0 saturated carbocycles. The third kappa shape index (κ3) is 6.43. The summed E-state index contributed by atoms with van der Waals surface area (Å²) < 4.78 is 0. The second-order valence-electron chi connectivity index (χ2n) is 5.79. The van der Waals surface area contributed by atoms with Gasteiger partial charge in [-0.05, 0) is 36.6 Å². The Morgan fingerprint density at radius 1 is 0.846 bits per heavy atom. The second kappa shape index (κ2) is 10.0. The van der Waals surface area contributed by atoms with E-state index < -0.39 is 23.2 Å². The molecule has 0 atom stereocenters. The van der Waals surface area contributed by atoms with Crippen LogP contribution in [0.5, 0.6) is 28.7 Å². The number of carboxylic acid groups (broad SMARTS) is 1. The molecule has 0 aromatic heterocycles. The van der Waals surface area contributed by atoms with Gasteiger partial charge in [-0.3, -0.25) is 0 Å². The monoisotopic (exact) mass is 364 g/mol. The predicted octanol–water partition coefficient (Wildman–Crippen LogP) is 3.72. The zero-order chi connectivity index (χ0) is 19.7. The van der Waals surface area contributed by atoms with Crippen LogP contribution in [0, 0.1) is 0 Å². The van der Waals surface area contributed by atoms with Gasteiger partial charge in [0.1, 0.15) is 11.5 Å². The van der Waals surface area contributed by atoms with E-state index in [0.717, 1.165) is 30.5 Å². The third-order valence-corrected chi connectivity index (χ3v) is 3.69. The van der Waals surface area contributed by atoms with E-state index >= 15 is 0 Å². The van der Waals surface area contributed by atoms with E-state index in [-0.39, 0.29) is 17.1 Å². The first-order valence-electron chi connectivity index (χ1n) is 8.25. The normalized spacial score (nSPS) is 10.0. The Labute approximate surface area is 151 Å². The number of aromatic hydroxyl groups is 5. The van der Waals surface area contributed by atoms with Gasteiger partial charge in [-0.15, -0.1) is 0 Å². The van der Waals surface area contributed by atoms with Crippen molar-refractivity contribution in [1.29, 1.82) is 0 Å². The molecule has 0 unspecified atom stereocenters. The summed E-state index contributed by atoms with van der Waals surface area (Å²) in [5.74, 6) is -3.00. The Bertz CT molecular complexity index is 718. The molecule has 26 heavy (non-hydrogen) atoms. The highest BCUT2D eigenvalue weighted by molar-refractivity contribution is 5.89. The minimum Gasteiger partial charge on any atom is -0.508 e. The number of carboxylic acids is 1. The number of aromatic carboxylic acids is 1. The quantitative estimate of drug-likeness (QED) is 0.339. The molecule has 0 heterocycles. The molecule has 0 aliphatic rings. The molecule has 0 spiro atoms. The number of hydrogen-bond donors (Lipinski definition) is 6. The minimum absolute atomic E-state index is 0.125. The Balaban J connectivity index is 0.000000263.